The molecule has 106 valence electrons. The van der Waals surface area contributed by atoms with Crippen LogP contribution in [0, 0.1) is 10.1 Å². The van der Waals surface area contributed by atoms with Gasteiger partial charge >= 0.3 is 0 Å². The topological polar surface area (TPSA) is 101 Å². The van der Waals surface area contributed by atoms with Crippen molar-refractivity contribution >= 4 is 15.7 Å². The van der Waals surface area contributed by atoms with Gasteiger partial charge in [0, 0.05) is 25.7 Å². The number of hydrogen-bond acceptors (Lipinski definition) is 5. The zero-order chi connectivity index (χ0) is 14.6. The van der Waals surface area contributed by atoms with Gasteiger partial charge in [0.05, 0.1) is 15.9 Å². The largest absolute Gasteiger partial charge is 0.393 e. The summed E-state index contributed by atoms with van der Waals surface area (Å²) in [6.07, 6.45) is -0.312. The number of sulfonamides is 1. The van der Waals surface area contributed by atoms with E-state index in [0.717, 1.165) is 10.4 Å². The molecule has 8 heteroatoms. The summed E-state index contributed by atoms with van der Waals surface area (Å²) in [4.78, 5) is 9.86. The van der Waals surface area contributed by atoms with Crippen LogP contribution in [0.4, 0.5) is 5.69 Å². The van der Waals surface area contributed by atoms with Crippen molar-refractivity contribution in [2.24, 2.45) is 0 Å². The average molecular weight is 288 g/mol. The number of aliphatic hydroxyl groups is 1. The van der Waals surface area contributed by atoms with Crippen LogP contribution >= 0.6 is 0 Å². The Hall–Kier alpha value is -1.51. The van der Waals surface area contributed by atoms with E-state index < -0.39 is 21.1 Å². The summed E-state index contributed by atoms with van der Waals surface area (Å²) < 4.78 is 25.4. The fourth-order valence-corrected chi connectivity index (χ4v) is 2.65. The van der Waals surface area contributed by atoms with Crippen molar-refractivity contribution in [2.75, 3.05) is 13.6 Å². The van der Waals surface area contributed by atoms with E-state index in [2.05, 4.69) is 0 Å². The fraction of sp³-hybridized carbons (Fsp3) is 0.455. The number of rotatable bonds is 6. The minimum absolute atomic E-state index is 0.130. The predicted molar refractivity (Wildman–Crippen MR) is 69.2 cm³/mol. The van der Waals surface area contributed by atoms with Crippen molar-refractivity contribution in [3.05, 3.63) is 34.4 Å². The van der Waals surface area contributed by atoms with Gasteiger partial charge in [0.25, 0.3) is 5.69 Å². The summed E-state index contributed by atoms with van der Waals surface area (Å²) in [6.45, 7) is 1.70. The van der Waals surface area contributed by atoms with E-state index in [4.69, 9.17) is 5.11 Å². The van der Waals surface area contributed by atoms with Crippen molar-refractivity contribution in [3.8, 4) is 0 Å². The van der Waals surface area contributed by atoms with Gasteiger partial charge in [-0.15, -0.1) is 0 Å². The molecular weight excluding hydrogens is 272 g/mol. The molecule has 0 radical (unpaired) electrons. The average Bonchev–Trinajstić information content (AvgIpc) is 2.35. The van der Waals surface area contributed by atoms with Gasteiger partial charge in [0.1, 0.15) is 0 Å². The maximum Gasteiger partial charge on any atom is 0.270 e. The molecule has 1 rings (SSSR count). The van der Waals surface area contributed by atoms with Crippen LogP contribution in [0.15, 0.2) is 29.2 Å². The van der Waals surface area contributed by atoms with Crippen LogP contribution in [-0.2, 0) is 10.0 Å². The van der Waals surface area contributed by atoms with Crippen LogP contribution in [0.3, 0.4) is 0 Å². The second-order valence-corrected chi connectivity index (χ2v) is 6.26. The number of nitro benzene ring substituents is 1. The number of nitrogens with zero attached hydrogens (tertiary/aromatic N) is 2. The Bertz CT molecular complexity index is 556. The number of nitro groups is 1. The Morgan fingerprint density at radius 2 is 2.11 bits per heavy atom. The predicted octanol–water partition coefficient (Wildman–Crippen LogP) is 0.986. The zero-order valence-corrected chi connectivity index (χ0v) is 11.5. The molecule has 1 aromatic rings. The molecule has 19 heavy (non-hydrogen) atoms. The molecule has 0 aliphatic rings. The molecule has 1 atom stereocenters. The lowest BCUT2D eigenvalue weighted by Gasteiger charge is -2.17. The molecule has 0 bridgehead atoms. The van der Waals surface area contributed by atoms with Gasteiger partial charge in [-0.1, -0.05) is 6.07 Å². The standard InChI is InChI=1S/C11H16N2O5S/c1-9(14)6-7-12(2)19(17,18)11-5-3-4-10(8-11)13(15)16/h3-5,8-9,14H,6-7H2,1-2H3. The van der Waals surface area contributed by atoms with Crippen LogP contribution in [-0.4, -0.2) is 42.4 Å². The summed E-state index contributed by atoms with van der Waals surface area (Å²) >= 11 is 0. The van der Waals surface area contributed by atoms with E-state index in [1.807, 2.05) is 0 Å². The van der Waals surface area contributed by atoms with Gasteiger partial charge in [-0.05, 0) is 19.4 Å². The first-order valence-electron chi connectivity index (χ1n) is 5.64. The minimum atomic E-state index is -3.77. The lowest BCUT2D eigenvalue weighted by Crippen LogP contribution is -2.29. The molecule has 0 heterocycles. The monoisotopic (exact) mass is 288 g/mol. The van der Waals surface area contributed by atoms with Crippen LogP contribution in [0.5, 0.6) is 0 Å². The highest BCUT2D eigenvalue weighted by molar-refractivity contribution is 7.89. The summed E-state index contributed by atoms with van der Waals surface area (Å²) in [5.41, 5.74) is -0.273. The van der Waals surface area contributed by atoms with Gasteiger partial charge < -0.3 is 5.11 Å². The van der Waals surface area contributed by atoms with Gasteiger partial charge in [-0.25, -0.2) is 12.7 Å². The summed E-state index contributed by atoms with van der Waals surface area (Å²) in [6, 6.07) is 4.89. The quantitative estimate of drug-likeness (QED) is 0.621. The maximum atomic E-state index is 12.1. The van der Waals surface area contributed by atoms with Crippen LogP contribution in [0.25, 0.3) is 0 Å². The lowest BCUT2D eigenvalue weighted by atomic mass is 10.3. The van der Waals surface area contributed by atoms with E-state index in [1.165, 1.54) is 25.2 Å². The molecular formula is C11H16N2O5S. The first-order valence-corrected chi connectivity index (χ1v) is 7.08. The molecule has 0 spiro atoms. The number of benzene rings is 1. The van der Waals surface area contributed by atoms with E-state index in [1.54, 1.807) is 6.92 Å². The number of hydrogen-bond donors (Lipinski definition) is 1. The summed E-state index contributed by atoms with van der Waals surface area (Å²) in [5, 5.41) is 19.8. The first kappa shape index (κ1) is 15.5. The Balaban J connectivity index is 2.99. The third-order valence-electron chi connectivity index (χ3n) is 2.60. The smallest absolute Gasteiger partial charge is 0.270 e. The molecule has 0 aliphatic heterocycles. The normalized spacial score (nSPS) is 13.5. The maximum absolute atomic E-state index is 12.1. The first-order chi connectivity index (χ1) is 8.75. The molecule has 1 aromatic carbocycles. The Labute approximate surface area is 111 Å². The van der Waals surface area contributed by atoms with Crippen LogP contribution in [0.2, 0.25) is 0 Å². The number of non-ortho nitro benzene ring substituents is 1. The summed E-state index contributed by atoms with van der Waals surface area (Å²) in [5.74, 6) is 0. The highest BCUT2D eigenvalue weighted by Crippen LogP contribution is 2.20. The van der Waals surface area contributed by atoms with Crippen molar-refractivity contribution in [2.45, 2.75) is 24.3 Å². The third-order valence-corrected chi connectivity index (χ3v) is 4.45. The molecule has 7 nitrogen and oxygen atoms in total. The summed E-state index contributed by atoms with van der Waals surface area (Å²) in [7, 11) is -2.40. The van der Waals surface area contributed by atoms with Crippen molar-refractivity contribution in [3.63, 3.8) is 0 Å². The molecule has 0 amide bonds. The second-order valence-electron chi connectivity index (χ2n) is 4.22. The van der Waals surface area contributed by atoms with Crippen LogP contribution in [0.1, 0.15) is 13.3 Å². The lowest BCUT2D eigenvalue weighted by molar-refractivity contribution is -0.385. The zero-order valence-electron chi connectivity index (χ0n) is 10.7. The van der Waals surface area contributed by atoms with E-state index >= 15 is 0 Å². The molecule has 0 fully saturated rings. The molecule has 0 aromatic heterocycles. The van der Waals surface area contributed by atoms with Gasteiger partial charge in [0.2, 0.25) is 10.0 Å². The van der Waals surface area contributed by atoms with Crippen LogP contribution < -0.4 is 0 Å². The van der Waals surface area contributed by atoms with Gasteiger partial charge in [-0.2, -0.15) is 0 Å². The highest BCUT2D eigenvalue weighted by Gasteiger charge is 2.22. The minimum Gasteiger partial charge on any atom is -0.393 e. The van der Waals surface area contributed by atoms with Gasteiger partial charge in [-0.3, -0.25) is 10.1 Å². The number of aliphatic hydroxyl groups excluding tert-OH is 1. The molecule has 1 N–H and O–H groups in total. The van der Waals surface area contributed by atoms with Crippen molar-refractivity contribution in [1.82, 2.24) is 4.31 Å². The van der Waals surface area contributed by atoms with E-state index in [-0.39, 0.29) is 17.1 Å². The van der Waals surface area contributed by atoms with E-state index in [9.17, 15) is 18.5 Å². The molecule has 0 saturated carbocycles. The van der Waals surface area contributed by atoms with Crippen molar-refractivity contribution in [1.29, 1.82) is 0 Å². The SMILES string of the molecule is CC(O)CCN(C)S(=O)(=O)c1cccc([N+](=O)[O-])c1. The third kappa shape index (κ3) is 3.98. The molecule has 0 saturated heterocycles. The fourth-order valence-electron chi connectivity index (χ4n) is 1.43. The molecule has 0 aliphatic carbocycles. The van der Waals surface area contributed by atoms with Crippen molar-refractivity contribution < 1.29 is 18.4 Å². The van der Waals surface area contributed by atoms with Gasteiger partial charge in [0.15, 0.2) is 0 Å². The Morgan fingerprint density at radius 3 is 2.63 bits per heavy atom. The van der Waals surface area contributed by atoms with E-state index in [0.29, 0.717) is 6.42 Å². The Kier molecular flexibility index (Phi) is 4.98. The Morgan fingerprint density at radius 1 is 1.47 bits per heavy atom. The molecule has 1 unspecified atom stereocenters. The highest BCUT2D eigenvalue weighted by atomic mass is 32.2. The second kappa shape index (κ2) is 6.09.